The predicted octanol–water partition coefficient (Wildman–Crippen LogP) is 0.152. The number of anilines is 1. The van der Waals surface area contributed by atoms with Crippen molar-refractivity contribution < 1.29 is 0 Å². The lowest BCUT2D eigenvalue weighted by Crippen LogP contribution is -2.34. The Bertz CT molecular complexity index is 520. The minimum atomic E-state index is 0.470. The number of aromatic nitrogens is 4. The summed E-state index contributed by atoms with van der Waals surface area (Å²) >= 11 is 0. The summed E-state index contributed by atoms with van der Waals surface area (Å²) in [6.45, 7) is 3.04. The van der Waals surface area contributed by atoms with Crippen molar-refractivity contribution in [1.82, 2.24) is 19.7 Å². The van der Waals surface area contributed by atoms with Gasteiger partial charge in [-0.15, -0.1) is 10.2 Å². The first-order chi connectivity index (χ1) is 8.36. The lowest BCUT2D eigenvalue weighted by atomic mass is 10.3. The molecule has 0 amide bonds. The maximum absolute atomic E-state index is 5.60. The van der Waals surface area contributed by atoms with Gasteiger partial charge in [-0.05, 0) is 12.1 Å². The van der Waals surface area contributed by atoms with E-state index in [-0.39, 0.29) is 0 Å². The zero-order valence-electron chi connectivity index (χ0n) is 9.45. The second-order valence-electron chi connectivity index (χ2n) is 4.05. The fourth-order valence-electron chi connectivity index (χ4n) is 2.02. The van der Waals surface area contributed by atoms with Crippen LogP contribution in [0.5, 0.6) is 0 Å². The van der Waals surface area contributed by atoms with Crippen molar-refractivity contribution in [1.29, 1.82) is 0 Å². The number of hydrogen-bond donors (Lipinski definition) is 1. The molecule has 88 valence electrons. The molecule has 0 aliphatic carbocycles. The fraction of sp³-hybridized carbons (Fsp3) is 0.364. The third-order valence-electron chi connectivity index (χ3n) is 2.96. The summed E-state index contributed by atoms with van der Waals surface area (Å²) in [6.07, 6.45) is 1.77. The molecule has 6 nitrogen and oxygen atoms in total. The molecule has 0 aromatic carbocycles. The van der Waals surface area contributed by atoms with E-state index in [0.29, 0.717) is 6.54 Å². The van der Waals surface area contributed by atoms with E-state index in [1.54, 1.807) is 6.33 Å². The maximum Gasteiger partial charge on any atom is 0.152 e. The summed E-state index contributed by atoms with van der Waals surface area (Å²) in [5.41, 5.74) is 6.51. The lowest BCUT2D eigenvalue weighted by Gasteiger charge is -2.28. The minimum absolute atomic E-state index is 0.470. The third-order valence-corrected chi connectivity index (χ3v) is 2.96. The molecule has 0 saturated heterocycles. The highest BCUT2D eigenvalue weighted by molar-refractivity contribution is 5.40. The second-order valence-corrected chi connectivity index (χ2v) is 4.05. The van der Waals surface area contributed by atoms with Crippen LogP contribution in [-0.2, 0) is 19.6 Å². The fourth-order valence-corrected chi connectivity index (χ4v) is 2.02. The zero-order chi connectivity index (χ0) is 11.7. The van der Waals surface area contributed by atoms with Crippen LogP contribution in [0.25, 0.3) is 0 Å². The van der Waals surface area contributed by atoms with Crippen molar-refractivity contribution in [2.45, 2.75) is 19.6 Å². The average molecular weight is 230 g/mol. The van der Waals surface area contributed by atoms with Crippen molar-refractivity contribution in [3.63, 3.8) is 0 Å². The molecule has 2 N–H and O–H groups in total. The monoisotopic (exact) mass is 230 g/mol. The van der Waals surface area contributed by atoms with E-state index in [2.05, 4.69) is 24.6 Å². The Labute approximate surface area is 99.1 Å². The van der Waals surface area contributed by atoms with E-state index in [1.807, 2.05) is 18.2 Å². The number of pyridine rings is 1. The van der Waals surface area contributed by atoms with Crippen molar-refractivity contribution in [3.8, 4) is 0 Å². The molecule has 1 aliphatic heterocycles. The van der Waals surface area contributed by atoms with Crippen LogP contribution in [-0.4, -0.2) is 26.3 Å². The first-order valence-electron chi connectivity index (χ1n) is 5.64. The number of nitrogens with zero attached hydrogens (tertiary/aromatic N) is 5. The van der Waals surface area contributed by atoms with Crippen LogP contribution in [0.4, 0.5) is 5.82 Å². The molecule has 0 radical (unpaired) electrons. The Balaban J connectivity index is 1.86. The van der Waals surface area contributed by atoms with Gasteiger partial charge in [-0.2, -0.15) is 0 Å². The molecule has 0 atom stereocenters. The Hall–Kier alpha value is -1.95. The molecular weight excluding hydrogens is 216 g/mol. The normalized spacial score (nSPS) is 14.8. The highest BCUT2D eigenvalue weighted by Crippen LogP contribution is 2.17. The van der Waals surface area contributed by atoms with Crippen LogP contribution in [0.15, 0.2) is 24.5 Å². The summed E-state index contributed by atoms with van der Waals surface area (Å²) in [5, 5.41) is 8.01. The number of nitrogens with two attached hydrogens (primary N) is 1. The first-order valence-corrected chi connectivity index (χ1v) is 5.64. The van der Waals surface area contributed by atoms with E-state index >= 15 is 0 Å². The van der Waals surface area contributed by atoms with Gasteiger partial charge in [0.25, 0.3) is 0 Å². The quantitative estimate of drug-likeness (QED) is 0.795. The Morgan fingerprint density at radius 3 is 3.12 bits per heavy atom. The molecule has 1 aliphatic rings. The summed E-state index contributed by atoms with van der Waals surface area (Å²) in [7, 11) is 0. The maximum atomic E-state index is 5.60. The van der Waals surface area contributed by atoms with Gasteiger partial charge >= 0.3 is 0 Å². The third kappa shape index (κ3) is 1.87. The SMILES string of the molecule is NCc1cccc(N2CCn3cnnc3C2)n1. The van der Waals surface area contributed by atoms with Gasteiger partial charge in [-0.1, -0.05) is 6.07 Å². The van der Waals surface area contributed by atoms with Gasteiger partial charge in [0.15, 0.2) is 5.82 Å². The molecule has 6 heteroatoms. The minimum Gasteiger partial charge on any atom is -0.347 e. The largest absolute Gasteiger partial charge is 0.347 e. The number of fused-ring (bicyclic) bond motifs is 1. The van der Waals surface area contributed by atoms with Gasteiger partial charge in [0.05, 0.1) is 12.2 Å². The molecule has 0 spiro atoms. The van der Waals surface area contributed by atoms with Crippen molar-refractivity contribution in [2.75, 3.05) is 11.4 Å². The Morgan fingerprint density at radius 2 is 2.24 bits per heavy atom. The average Bonchev–Trinajstić information content (AvgIpc) is 2.86. The lowest BCUT2D eigenvalue weighted by molar-refractivity contribution is 0.555. The van der Waals surface area contributed by atoms with Gasteiger partial charge in [-0.25, -0.2) is 4.98 Å². The second kappa shape index (κ2) is 4.14. The highest BCUT2D eigenvalue weighted by atomic mass is 15.3. The Morgan fingerprint density at radius 1 is 1.29 bits per heavy atom. The van der Waals surface area contributed by atoms with E-state index in [4.69, 9.17) is 5.73 Å². The van der Waals surface area contributed by atoms with Crippen LogP contribution in [0.2, 0.25) is 0 Å². The summed E-state index contributed by atoms with van der Waals surface area (Å²) in [5.74, 6) is 1.94. The van der Waals surface area contributed by atoms with Crippen LogP contribution in [0.1, 0.15) is 11.5 Å². The molecule has 0 unspecified atom stereocenters. The van der Waals surface area contributed by atoms with E-state index in [1.165, 1.54) is 0 Å². The van der Waals surface area contributed by atoms with Crippen LogP contribution < -0.4 is 10.6 Å². The molecule has 3 heterocycles. The van der Waals surface area contributed by atoms with Crippen LogP contribution in [0.3, 0.4) is 0 Å². The topological polar surface area (TPSA) is 72.9 Å². The molecule has 2 aromatic rings. The van der Waals surface area contributed by atoms with Crippen LogP contribution >= 0.6 is 0 Å². The van der Waals surface area contributed by atoms with E-state index in [9.17, 15) is 0 Å². The van der Waals surface area contributed by atoms with Gasteiger partial charge in [-0.3, -0.25) is 0 Å². The highest BCUT2D eigenvalue weighted by Gasteiger charge is 2.18. The van der Waals surface area contributed by atoms with Gasteiger partial charge < -0.3 is 15.2 Å². The molecular formula is C11H14N6. The summed E-state index contributed by atoms with van der Waals surface area (Å²) < 4.78 is 2.07. The smallest absolute Gasteiger partial charge is 0.152 e. The van der Waals surface area contributed by atoms with Crippen molar-refractivity contribution >= 4 is 5.82 Å². The molecule has 0 saturated carbocycles. The molecule has 2 aromatic heterocycles. The van der Waals surface area contributed by atoms with Crippen molar-refractivity contribution in [2.24, 2.45) is 5.73 Å². The first kappa shape index (κ1) is 10.2. The zero-order valence-corrected chi connectivity index (χ0v) is 9.45. The van der Waals surface area contributed by atoms with E-state index < -0.39 is 0 Å². The Kier molecular flexibility index (Phi) is 2.49. The van der Waals surface area contributed by atoms with Crippen molar-refractivity contribution in [3.05, 3.63) is 36.0 Å². The van der Waals surface area contributed by atoms with Gasteiger partial charge in [0, 0.05) is 19.6 Å². The summed E-state index contributed by atoms with van der Waals surface area (Å²) in [6, 6.07) is 5.94. The van der Waals surface area contributed by atoms with E-state index in [0.717, 1.165) is 37.0 Å². The molecule has 17 heavy (non-hydrogen) atoms. The van der Waals surface area contributed by atoms with Crippen LogP contribution in [0, 0.1) is 0 Å². The van der Waals surface area contributed by atoms with Gasteiger partial charge in [0.2, 0.25) is 0 Å². The number of rotatable bonds is 2. The molecule has 3 rings (SSSR count). The standard InChI is InChI=1S/C11H14N6/c12-6-9-2-1-3-10(14-9)16-4-5-17-8-13-15-11(17)7-16/h1-3,8H,4-7,12H2. The molecule has 0 fully saturated rings. The summed E-state index contributed by atoms with van der Waals surface area (Å²) in [4.78, 5) is 6.71. The van der Waals surface area contributed by atoms with Gasteiger partial charge in [0.1, 0.15) is 12.1 Å². The predicted molar refractivity (Wildman–Crippen MR) is 63.2 cm³/mol. The number of hydrogen-bond acceptors (Lipinski definition) is 5. The molecule has 0 bridgehead atoms.